The quantitative estimate of drug-likeness (QED) is 0.780. The average molecular weight is 349 g/mol. The molecule has 0 bridgehead atoms. The number of hydrogen-bond acceptors (Lipinski definition) is 5. The second-order valence-electron chi connectivity index (χ2n) is 5.13. The molecule has 0 spiro atoms. The molecule has 1 amide bonds. The van der Waals surface area contributed by atoms with Crippen LogP contribution < -0.4 is 5.32 Å². The summed E-state index contributed by atoms with van der Waals surface area (Å²) in [5, 5.41) is 4.42. The van der Waals surface area contributed by atoms with Crippen molar-refractivity contribution in [3.8, 4) is 10.6 Å². The molecule has 0 aliphatic heterocycles. The number of nitrogens with zero attached hydrogens (tertiary/aromatic N) is 2. The first-order valence-electron chi connectivity index (χ1n) is 7.15. The van der Waals surface area contributed by atoms with E-state index in [1.165, 1.54) is 11.3 Å². The number of nitrogens with one attached hydrogen (secondary N) is 1. The molecular formula is C16H19N3O2S2. The van der Waals surface area contributed by atoms with Crippen LogP contribution in [0.15, 0.2) is 37.2 Å². The van der Waals surface area contributed by atoms with E-state index in [2.05, 4.69) is 21.9 Å². The topological polar surface area (TPSA) is 72.0 Å². The number of hydrogen-bond donors (Lipinski definition) is 1. The molecule has 0 aromatic carbocycles. The molecule has 7 heteroatoms. The number of aryl methyl sites for hydroxylation is 1. The Hall–Kier alpha value is -1.86. The number of carbonyl (C=O) groups excluding carboxylic acids is 1. The Bertz CT molecular complexity index is 713. The maximum absolute atomic E-state index is 12.2. The van der Waals surface area contributed by atoms with Crippen molar-refractivity contribution in [2.24, 2.45) is 5.92 Å². The molecule has 2 aromatic rings. The van der Waals surface area contributed by atoms with Gasteiger partial charge in [-0.05, 0) is 19.1 Å². The van der Waals surface area contributed by atoms with Gasteiger partial charge in [0.15, 0.2) is 0 Å². The summed E-state index contributed by atoms with van der Waals surface area (Å²) in [6.45, 7) is 7.18. The van der Waals surface area contributed by atoms with Crippen molar-refractivity contribution in [3.63, 3.8) is 0 Å². The van der Waals surface area contributed by atoms with Crippen LogP contribution >= 0.6 is 11.3 Å². The molecule has 122 valence electrons. The first kappa shape index (κ1) is 17.5. The lowest BCUT2D eigenvalue weighted by atomic mass is 10.2. The summed E-state index contributed by atoms with van der Waals surface area (Å²) in [4.78, 5) is 20.8. The number of aromatic nitrogens is 2. The smallest absolute Gasteiger partial charge is 0.228 e. The Morgan fingerprint density at radius 2 is 2.35 bits per heavy atom. The number of carbonyl (C=O) groups is 1. The molecule has 2 atom stereocenters. The molecule has 2 aromatic heterocycles. The van der Waals surface area contributed by atoms with Gasteiger partial charge >= 0.3 is 0 Å². The third-order valence-electron chi connectivity index (χ3n) is 3.13. The van der Waals surface area contributed by atoms with Crippen molar-refractivity contribution in [2.75, 3.05) is 16.8 Å². The van der Waals surface area contributed by atoms with E-state index >= 15 is 0 Å². The van der Waals surface area contributed by atoms with E-state index in [1.54, 1.807) is 25.4 Å². The lowest BCUT2D eigenvalue weighted by Crippen LogP contribution is -2.25. The molecule has 5 nitrogen and oxygen atoms in total. The van der Waals surface area contributed by atoms with Gasteiger partial charge in [0.25, 0.3) is 0 Å². The molecule has 2 rings (SSSR count). The average Bonchev–Trinajstić information content (AvgIpc) is 2.89. The normalized spacial score (nSPS) is 13.3. The van der Waals surface area contributed by atoms with Gasteiger partial charge in [0.1, 0.15) is 10.0 Å². The predicted octanol–water partition coefficient (Wildman–Crippen LogP) is 3.02. The first-order chi connectivity index (χ1) is 11.0. The fraction of sp³-hybridized carbons (Fsp3) is 0.312. The van der Waals surface area contributed by atoms with Crippen LogP contribution in [0, 0.1) is 12.8 Å². The SMILES string of the molecule is C=CCS(=O)CC(C)C(=O)Nc1sc(-c2cccnc2)nc1C. The van der Waals surface area contributed by atoms with Crippen LogP contribution in [0.1, 0.15) is 12.6 Å². The lowest BCUT2D eigenvalue weighted by molar-refractivity contribution is -0.118. The number of anilines is 1. The van der Waals surface area contributed by atoms with E-state index in [1.807, 2.05) is 19.1 Å². The zero-order valence-corrected chi connectivity index (χ0v) is 14.7. The zero-order valence-electron chi connectivity index (χ0n) is 13.1. The summed E-state index contributed by atoms with van der Waals surface area (Å²) in [6.07, 6.45) is 5.05. The van der Waals surface area contributed by atoms with Gasteiger partial charge in [-0.3, -0.25) is 14.0 Å². The van der Waals surface area contributed by atoms with Crippen LogP contribution in [0.4, 0.5) is 5.00 Å². The van der Waals surface area contributed by atoms with Gasteiger partial charge in [0.2, 0.25) is 5.91 Å². The van der Waals surface area contributed by atoms with Gasteiger partial charge in [-0.25, -0.2) is 4.98 Å². The molecule has 23 heavy (non-hydrogen) atoms. The number of rotatable bonds is 7. The van der Waals surface area contributed by atoms with E-state index in [-0.39, 0.29) is 11.8 Å². The van der Waals surface area contributed by atoms with Crippen LogP contribution in [0.5, 0.6) is 0 Å². The minimum atomic E-state index is -1.06. The minimum absolute atomic E-state index is 0.146. The van der Waals surface area contributed by atoms with E-state index in [4.69, 9.17) is 0 Å². The van der Waals surface area contributed by atoms with E-state index in [0.29, 0.717) is 11.5 Å². The first-order valence-corrected chi connectivity index (χ1v) is 9.46. The number of thiazole rings is 1. The Morgan fingerprint density at radius 1 is 1.57 bits per heavy atom. The Kier molecular flexibility index (Phi) is 6.18. The van der Waals surface area contributed by atoms with Gasteiger partial charge in [0.05, 0.1) is 5.69 Å². The summed E-state index contributed by atoms with van der Waals surface area (Å²) in [6, 6.07) is 3.78. The minimum Gasteiger partial charge on any atom is -0.316 e. The van der Waals surface area contributed by atoms with Gasteiger partial charge in [0, 0.05) is 46.2 Å². The van der Waals surface area contributed by atoms with Crippen molar-refractivity contribution in [3.05, 3.63) is 42.9 Å². The Balaban J connectivity index is 2.05. The largest absolute Gasteiger partial charge is 0.316 e. The van der Waals surface area contributed by atoms with Crippen LogP contribution in [0.25, 0.3) is 10.6 Å². The molecule has 0 saturated heterocycles. The third kappa shape index (κ3) is 4.80. The fourth-order valence-corrected chi connectivity index (χ4v) is 3.98. The molecule has 0 radical (unpaired) electrons. The highest BCUT2D eigenvalue weighted by atomic mass is 32.2. The second-order valence-corrected chi connectivity index (χ2v) is 7.67. The van der Waals surface area contributed by atoms with E-state index < -0.39 is 10.8 Å². The molecular weight excluding hydrogens is 330 g/mol. The maximum atomic E-state index is 12.2. The molecule has 0 saturated carbocycles. The summed E-state index contributed by atoms with van der Waals surface area (Å²) >= 11 is 1.41. The Morgan fingerprint density at radius 3 is 3.00 bits per heavy atom. The van der Waals surface area contributed by atoms with Crippen LogP contribution in [0.3, 0.4) is 0 Å². The van der Waals surface area contributed by atoms with Crippen LogP contribution in [-0.4, -0.2) is 31.6 Å². The van der Waals surface area contributed by atoms with E-state index in [0.717, 1.165) is 21.3 Å². The monoisotopic (exact) mass is 349 g/mol. The Labute approximate surface area is 142 Å². The maximum Gasteiger partial charge on any atom is 0.228 e. The van der Waals surface area contributed by atoms with Gasteiger partial charge in [-0.2, -0.15) is 0 Å². The molecule has 0 fully saturated rings. The highest BCUT2D eigenvalue weighted by Gasteiger charge is 2.18. The highest BCUT2D eigenvalue weighted by Crippen LogP contribution is 2.31. The summed E-state index contributed by atoms with van der Waals surface area (Å²) in [5.41, 5.74) is 1.68. The van der Waals surface area contributed by atoms with Crippen molar-refractivity contribution in [1.82, 2.24) is 9.97 Å². The van der Waals surface area contributed by atoms with Gasteiger partial charge < -0.3 is 5.32 Å². The number of pyridine rings is 1. The molecule has 1 N–H and O–H groups in total. The molecule has 2 unspecified atom stereocenters. The highest BCUT2D eigenvalue weighted by molar-refractivity contribution is 7.85. The lowest BCUT2D eigenvalue weighted by Gasteiger charge is -2.10. The third-order valence-corrected chi connectivity index (χ3v) is 5.73. The summed E-state index contributed by atoms with van der Waals surface area (Å²) in [7, 11) is -1.06. The predicted molar refractivity (Wildman–Crippen MR) is 95.9 cm³/mol. The van der Waals surface area contributed by atoms with E-state index in [9.17, 15) is 9.00 Å². The van der Waals surface area contributed by atoms with Crippen LogP contribution in [0.2, 0.25) is 0 Å². The van der Waals surface area contributed by atoms with Crippen molar-refractivity contribution in [1.29, 1.82) is 0 Å². The zero-order chi connectivity index (χ0) is 16.8. The summed E-state index contributed by atoms with van der Waals surface area (Å²) < 4.78 is 11.7. The summed E-state index contributed by atoms with van der Waals surface area (Å²) in [5.74, 6) is 0.249. The standard InChI is InChI=1S/C16H19N3O2S2/c1-4-8-23(21)10-11(2)14(20)19-15-12(3)18-16(22-15)13-6-5-7-17-9-13/h4-7,9,11H,1,8,10H2,2-3H3,(H,19,20). The van der Waals surface area contributed by atoms with Crippen molar-refractivity contribution < 1.29 is 9.00 Å². The van der Waals surface area contributed by atoms with Crippen molar-refractivity contribution >= 4 is 33.0 Å². The molecule has 0 aliphatic rings. The van der Waals surface area contributed by atoms with Gasteiger partial charge in [-0.1, -0.05) is 24.3 Å². The van der Waals surface area contributed by atoms with Gasteiger partial charge in [-0.15, -0.1) is 6.58 Å². The number of amides is 1. The molecule has 0 aliphatic carbocycles. The van der Waals surface area contributed by atoms with Crippen LogP contribution in [-0.2, 0) is 15.6 Å². The van der Waals surface area contributed by atoms with Crippen molar-refractivity contribution in [2.45, 2.75) is 13.8 Å². The fourth-order valence-electron chi connectivity index (χ4n) is 1.91. The molecule has 2 heterocycles. The second kappa shape index (κ2) is 8.12.